The van der Waals surface area contributed by atoms with Crippen molar-refractivity contribution in [3.05, 3.63) is 60.8 Å². The molecule has 0 saturated carbocycles. The van der Waals surface area contributed by atoms with Gasteiger partial charge in [-0.15, -0.1) is 0 Å². The van der Waals surface area contributed by atoms with E-state index in [1.54, 1.807) is 0 Å². The van der Waals surface area contributed by atoms with Crippen LogP contribution < -0.4 is 0 Å². The molecule has 6 heteroatoms. The Balaban J connectivity index is 4.16. The first-order valence-electron chi connectivity index (χ1n) is 32.8. The van der Waals surface area contributed by atoms with Crippen molar-refractivity contribution in [1.29, 1.82) is 0 Å². The number of hydrogen-bond acceptors (Lipinski definition) is 6. The first-order chi connectivity index (χ1) is 37.0. The zero-order valence-corrected chi connectivity index (χ0v) is 50.1. The highest BCUT2D eigenvalue weighted by atomic mass is 16.6. The summed E-state index contributed by atoms with van der Waals surface area (Å²) in [5.41, 5.74) is 0. The van der Waals surface area contributed by atoms with Crippen LogP contribution in [-0.4, -0.2) is 37.2 Å². The molecule has 0 radical (unpaired) electrons. The van der Waals surface area contributed by atoms with E-state index in [2.05, 4.69) is 75.5 Å². The molecule has 0 rings (SSSR count). The van der Waals surface area contributed by atoms with Gasteiger partial charge in [0.1, 0.15) is 13.2 Å². The average molecular weight is 1050 g/mol. The fraction of sp³-hybridized carbons (Fsp3) is 0.812. The van der Waals surface area contributed by atoms with Crippen LogP contribution in [0.5, 0.6) is 0 Å². The van der Waals surface area contributed by atoms with Gasteiger partial charge < -0.3 is 14.2 Å². The SMILES string of the molecule is CC/C=C\C/C=C\C/C=C\C/C=C\CCC(=O)OCC(COC(=O)CCCCCCCCCCCCCCCCCCCCCCCCCCCCCCCC)OC(=O)CCCCCCC/C=C\CCCCCCC. The van der Waals surface area contributed by atoms with Gasteiger partial charge in [-0.05, 0) is 70.6 Å². The van der Waals surface area contributed by atoms with Crippen LogP contribution in [0.2, 0.25) is 0 Å². The summed E-state index contributed by atoms with van der Waals surface area (Å²) >= 11 is 0. The maximum absolute atomic E-state index is 12.9. The van der Waals surface area contributed by atoms with Crippen molar-refractivity contribution in [2.75, 3.05) is 13.2 Å². The molecule has 0 aliphatic heterocycles. The first-order valence-corrected chi connectivity index (χ1v) is 32.8. The molecule has 0 aliphatic carbocycles. The number of carbonyl (C=O) groups is 3. The molecule has 0 saturated heterocycles. The van der Waals surface area contributed by atoms with E-state index >= 15 is 0 Å². The molecule has 75 heavy (non-hydrogen) atoms. The molecule has 436 valence electrons. The Morgan fingerprint density at radius 1 is 0.280 bits per heavy atom. The molecule has 0 amide bonds. The normalized spacial score (nSPS) is 12.4. The van der Waals surface area contributed by atoms with Crippen molar-refractivity contribution in [1.82, 2.24) is 0 Å². The maximum Gasteiger partial charge on any atom is 0.306 e. The summed E-state index contributed by atoms with van der Waals surface area (Å²) in [6, 6.07) is 0. The summed E-state index contributed by atoms with van der Waals surface area (Å²) in [6.07, 6.45) is 81.3. The highest BCUT2D eigenvalue weighted by Gasteiger charge is 2.19. The standard InChI is InChI=1S/C69H124O6/c1-4-7-10-13-16-19-22-25-27-28-29-30-31-32-33-34-35-36-37-38-39-40-41-42-45-47-50-53-56-59-62-68(71)74-65-66(64-73-67(70)61-58-55-52-49-46-43-24-21-18-15-12-9-6-3)75-69(72)63-60-57-54-51-48-44-26-23-20-17-14-11-8-5-2/h9,12,18,21,23,26,43,46,52,55,66H,4-8,10-11,13-17,19-20,22,24-25,27-42,44-45,47-51,53-54,56-65H2,1-3H3/b12-9-,21-18-,26-23-,46-43-,55-52-. The minimum absolute atomic E-state index is 0.0967. The molecule has 0 aromatic rings. The number of esters is 3. The summed E-state index contributed by atoms with van der Waals surface area (Å²) in [5, 5.41) is 0. The number of ether oxygens (including phenoxy) is 3. The van der Waals surface area contributed by atoms with Crippen LogP contribution in [0, 0.1) is 0 Å². The Labute approximate surface area is 466 Å². The van der Waals surface area contributed by atoms with Crippen molar-refractivity contribution in [2.24, 2.45) is 0 Å². The molecule has 1 unspecified atom stereocenters. The Hall–Kier alpha value is -2.89. The molecule has 0 fully saturated rings. The van der Waals surface area contributed by atoms with E-state index in [0.29, 0.717) is 19.3 Å². The van der Waals surface area contributed by atoms with Crippen LogP contribution in [0.15, 0.2) is 60.8 Å². The highest BCUT2D eigenvalue weighted by molar-refractivity contribution is 5.71. The van der Waals surface area contributed by atoms with Crippen LogP contribution in [0.4, 0.5) is 0 Å². The molecule has 0 bridgehead atoms. The molecule has 0 heterocycles. The van der Waals surface area contributed by atoms with Crippen molar-refractivity contribution in [3.8, 4) is 0 Å². The van der Waals surface area contributed by atoms with Crippen LogP contribution in [-0.2, 0) is 28.6 Å². The van der Waals surface area contributed by atoms with Crippen molar-refractivity contribution >= 4 is 17.9 Å². The molecule has 0 aliphatic rings. The van der Waals surface area contributed by atoms with E-state index in [9.17, 15) is 14.4 Å². The Kier molecular flexibility index (Phi) is 61.2. The summed E-state index contributed by atoms with van der Waals surface area (Å²) in [5.74, 6) is -0.976. The van der Waals surface area contributed by atoms with Crippen LogP contribution in [0.3, 0.4) is 0 Å². The lowest BCUT2D eigenvalue weighted by atomic mass is 10.0. The van der Waals surface area contributed by atoms with Gasteiger partial charge in [-0.3, -0.25) is 14.4 Å². The minimum atomic E-state index is -0.806. The zero-order chi connectivity index (χ0) is 54.3. The lowest BCUT2D eigenvalue weighted by molar-refractivity contribution is -0.166. The van der Waals surface area contributed by atoms with Gasteiger partial charge in [-0.2, -0.15) is 0 Å². The maximum atomic E-state index is 12.9. The quantitative estimate of drug-likeness (QED) is 0.0261. The largest absolute Gasteiger partial charge is 0.462 e. The van der Waals surface area contributed by atoms with Crippen LogP contribution >= 0.6 is 0 Å². The number of hydrogen-bond donors (Lipinski definition) is 0. The van der Waals surface area contributed by atoms with E-state index < -0.39 is 6.10 Å². The number of rotatable bonds is 60. The predicted molar refractivity (Wildman–Crippen MR) is 325 cm³/mol. The van der Waals surface area contributed by atoms with Crippen molar-refractivity contribution < 1.29 is 28.6 Å². The van der Waals surface area contributed by atoms with Crippen molar-refractivity contribution in [3.63, 3.8) is 0 Å². The van der Waals surface area contributed by atoms with Gasteiger partial charge in [-0.1, -0.05) is 313 Å². The third-order valence-electron chi connectivity index (χ3n) is 14.5. The second-order valence-corrected chi connectivity index (χ2v) is 22.0. The Morgan fingerprint density at radius 3 is 0.893 bits per heavy atom. The molecular weight excluding hydrogens is 925 g/mol. The van der Waals surface area contributed by atoms with Crippen LogP contribution in [0.1, 0.15) is 342 Å². The topological polar surface area (TPSA) is 78.9 Å². The van der Waals surface area contributed by atoms with Gasteiger partial charge in [0.25, 0.3) is 0 Å². The van der Waals surface area contributed by atoms with E-state index in [1.807, 2.05) is 6.08 Å². The summed E-state index contributed by atoms with van der Waals surface area (Å²) in [7, 11) is 0. The van der Waals surface area contributed by atoms with Gasteiger partial charge in [0.05, 0.1) is 0 Å². The second kappa shape index (κ2) is 63.6. The van der Waals surface area contributed by atoms with Gasteiger partial charge in [0, 0.05) is 19.3 Å². The monoisotopic (exact) mass is 1050 g/mol. The van der Waals surface area contributed by atoms with Crippen molar-refractivity contribution in [2.45, 2.75) is 348 Å². The minimum Gasteiger partial charge on any atom is -0.462 e. The third kappa shape index (κ3) is 61.8. The summed E-state index contributed by atoms with van der Waals surface area (Å²) in [4.78, 5) is 38.2. The molecule has 0 N–H and O–H groups in total. The van der Waals surface area contributed by atoms with Gasteiger partial charge in [0.15, 0.2) is 6.10 Å². The lowest BCUT2D eigenvalue weighted by Gasteiger charge is -2.18. The van der Waals surface area contributed by atoms with E-state index in [4.69, 9.17) is 14.2 Å². The lowest BCUT2D eigenvalue weighted by Crippen LogP contribution is -2.30. The van der Waals surface area contributed by atoms with Gasteiger partial charge in [-0.25, -0.2) is 0 Å². The number of carbonyl (C=O) groups excluding carboxylic acids is 3. The fourth-order valence-corrected chi connectivity index (χ4v) is 9.63. The third-order valence-corrected chi connectivity index (χ3v) is 14.5. The predicted octanol–water partition coefficient (Wildman–Crippen LogP) is 22.3. The van der Waals surface area contributed by atoms with Crippen LogP contribution in [0.25, 0.3) is 0 Å². The number of allylic oxidation sites excluding steroid dienone is 10. The molecular formula is C69H124O6. The molecule has 1 atom stereocenters. The summed E-state index contributed by atoms with van der Waals surface area (Å²) in [6.45, 7) is 6.49. The molecule has 0 aromatic carbocycles. The average Bonchev–Trinajstić information content (AvgIpc) is 3.41. The Morgan fingerprint density at radius 2 is 0.547 bits per heavy atom. The number of unbranched alkanes of at least 4 members (excludes halogenated alkanes) is 39. The van der Waals surface area contributed by atoms with E-state index in [1.165, 1.54) is 218 Å². The summed E-state index contributed by atoms with van der Waals surface area (Å²) < 4.78 is 16.8. The Bertz CT molecular complexity index is 1340. The van der Waals surface area contributed by atoms with Gasteiger partial charge >= 0.3 is 17.9 Å². The molecule has 6 nitrogen and oxygen atoms in total. The smallest absolute Gasteiger partial charge is 0.306 e. The zero-order valence-electron chi connectivity index (χ0n) is 50.1. The second-order valence-electron chi connectivity index (χ2n) is 22.0. The molecule has 0 aromatic heterocycles. The van der Waals surface area contributed by atoms with E-state index in [0.717, 1.165) is 77.0 Å². The molecule has 0 spiro atoms. The fourth-order valence-electron chi connectivity index (χ4n) is 9.63. The van der Waals surface area contributed by atoms with E-state index in [-0.39, 0.29) is 37.5 Å². The highest BCUT2D eigenvalue weighted by Crippen LogP contribution is 2.18. The first kappa shape index (κ1) is 72.1. The van der Waals surface area contributed by atoms with Gasteiger partial charge in [0.2, 0.25) is 0 Å².